The molecule has 36 heavy (non-hydrogen) atoms. The van der Waals surface area contributed by atoms with Gasteiger partial charge in [0, 0.05) is 44.8 Å². The summed E-state index contributed by atoms with van der Waals surface area (Å²) in [7, 11) is -7.42. The third-order valence-corrected chi connectivity index (χ3v) is 10.4. The van der Waals surface area contributed by atoms with E-state index in [-0.39, 0.29) is 15.4 Å². The fraction of sp³-hybridized carbons (Fsp3) is 0.480. The van der Waals surface area contributed by atoms with E-state index in [1.54, 1.807) is 38.1 Å². The number of nitrogens with one attached hydrogen (secondary N) is 1. The van der Waals surface area contributed by atoms with Gasteiger partial charge in [0.2, 0.25) is 20.0 Å². The molecule has 9 nitrogen and oxygen atoms in total. The van der Waals surface area contributed by atoms with Crippen LogP contribution in [0.1, 0.15) is 50.9 Å². The molecule has 0 unspecified atom stereocenters. The third kappa shape index (κ3) is 5.74. The first-order valence-electron chi connectivity index (χ1n) is 12.4. The highest BCUT2D eigenvalue weighted by Gasteiger charge is 2.28. The minimum atomic E-state index is -3.74. The lowest BCUT2D eigenvalue weighted by Crippen LogP contribution is -2.31. The van der Waals surface area contributed by atoms with Crippen molar-refractivity contribution in [3.8, 4) is 0 Å². The van der Waals surface area contributed by atoms with Gasteiger partial charge >= 0.3 is 0 Å². The number of amides is 1. The molecule has 0 aliphatic carbocycles. The monoisotopic (exact) mass is 536 g/mol. The van der Waals surface area contributed by atoms with Crippen molar-refractivity contribution in [2.24, 2.45) is 0 Å². The van der Waals surface area contributed by atoms with Gasteiger partial charge in [-0.05, 0) is 63.1 Å². The number of nitrogens with zero attached hydrogens (tertiary/aromatic N) is 3. The van der Waals surface area contributed by atoms with Crippen LogP contribution in [0.4, 0.5) is 11.4 Å². The summed E-state index contributed by atoms with van der Waals surface area (Å²) in [6, 6.07) is 10.7. The highest BCUT2D eigenvalue weighted by atomic mass is 32.2. The molecule has 0 aromatic heterocycles. The van der Waals surface area contributed by atoms with E-state index in [4.69, 9.17) is 0 Å². The van der Waals surface area contributed by atoms with Crippen LogP contribution in [0.15, 0.2) is 52.3 Å². The fourth-order valence-electron chi connectivity index (χ4n) is 4.40. The molecule has 1 fully saturated rings. The van der Waals surface area contributed by atoms with Crippen molar-refractivity contribution in [3.63, 3.8) is 0 Å². The van der Waals surface area contributed by atoms with Crippen molar-refractivity contribution in [3.05, 3.63) is 48.0 Å². The van der Waals surface area contributed by atoms with Gasteiger partial charge in [-0.25, -0.2) is 16.8 Å². The molecule has 3 rings (SSSR count). The minimum Gasteiger partial charge on any atom is -0.370 e. The zero-order valence-electron chi connectivity index (χ0n) is 21.4. The van der Waals surface area contributed by atoms with Crippen LogP contribution in [-0.2, 0) is 20.0 Å². The quantitative estimate of drug-likeness (QED) is 0.470. The number of sulfonamides is 2. The molecule has 0 saturated carbocycles. The lowest BCUT2D eigenvalue weighted by Gasteiger charge is -2.26. The summed E-state index contributed by atoms with van der Waals surface area (Å²) in [5.74, 6) is -0.515. The second-order valence-electron chi connectivity index (χ2n) is 8.53. The molecule has 1 heterocycles. The normalized spacial score (nSPS) is 14.8. The summed E-state index contributed by atoms with van der Waals surface area (Å²) in [4.78, 5) is 15.4. The van der Waals surface area contributed by atoms with Crippen molar-refractivity contribution in [2.75, 3.05) is 49.5 Å². The zero-order valence-corrected chi connectivity index (χ0v) is 23.0. The maximum atomic E-state index is 13.3. The van der Waals surface area contributed by atoms with Crippen LogP contribution in [-0.4, -0.2) is 70.6 Å². The number of rotatable bonds is 11. The van der Waals surface area contributed by atoms with E-state index in [0.29, 0.717) is 50.6 Å². The highest BCUT2D eigenvalue weighted by Crippen LogP contribution is 2.31. The predicted octanol–water partition coefficient (Wildman–Crippen LogP) is 3.60. The maximum absolute atomic E-state index is 13.3. The van der Waals surface area contributed by atoms with E-state index in [1.165, 1.54) is 26.8 Å². The van der Waals surface area contributed by atoms with Crippen LogP contribution >= 0.6 is 0 Å². The molecule has 0 atom stereocenters. The number of anilines is 2. The smallest absolute Gasteiger partial charge is 0.255 e. The SMILES string of the molecule is CCN(CC)c1ccc(S(=O)(=O)N(CC)CC)cc1NC(=O)c1cccc(S(=O)(=O)N2CCCC2)c1. The van der Waals surface area contributed by atoms with Crippen molar-refractivity contribution in [2.45, 2.75) is 50.3 Å². The molecule has 1 amide bonds. The predicted molar refractivity (Wildman–Crippen MR) is 142 cm³/mol. The Bertz CT molecular complexity index is 1280. The van der Waals surface area contributed by atoms with Crippen molar-refractivity contribution >= 4 is 37.3 Å². The Hall–Kier alpha value is -2.47. The largest absolute Gasteiger partial charge is 0.370 e. The van der Waals surface area contributed by atoms with E-state index in [0.717, 1.165) is 12.8 Å². The van der Waals surface area contributed by atoms with Crippen molar-refractivity contribution < 1.29 is 21.6 Å². The number of hydrogen-bond acceptors (Lipinski definition) is 6. The van der Waals surface area contributed by atoms with Gasteiger partial charge in [-0.3, -0.25) is 4.79 Å². The first-order chi connectivity index (χ1) is 17.1. The molecule has 1 saturated heterocycles. The molecule has 2 aromatic carbocycles. The lowest BCUT2D eigenvalue weighted by atomic mass is 10.2. The average molecular weight is 537 g/mol. The van der Waals surface area contributed by atoms with E-state index < -0.39 is 26.0 Å². The molecule has 11 heteroatoms. The second kappa shape index (κ2) is 11.7. The van der Waals surface area contributed by atoms with Crippen LogP contribution < -0.4 is 10.2 Å². The van der Waals surface area contributed by atoms with E-state index in [9.17, 15) is 21.6 Å². The second-order valence-corrected chi connectivity index (χ2v) is 12.4. The van der Waals surface area contributed by atoms with E-state index >= 15 is 0 Å². The molecular formula is C25H36N4O5S2. The average Bonchev–Trinajstić information content (AvgIpc) is 3.42. The molecule has 0 spiro atoms. The van der Waals surface area contributed by atoms with Gasteiger partial charge in [-0.15, -0.1) is 0 Å². The van der Waals surface area contributed by atoms with Crippen LogP contribution in [0.5, 0.6) is 0 Å². The summed E-state index contributed by atoms with van der Waals surface area (Å²) in [5, 5.41) is 2.84. The standard InChI is InChI=1S/C25H36N4O5S2/c1-5-27(6-2)24-15-14-22(35(31,32)28(7-3)8-4)19-23(24)26-25(30)20-12-11-13-21(18-20)36(33,34)29-16-9-10-17-29/h11-15,18-19H,5-10,16-17H2,1-4H3,(H,26,30). The topological polar surface area (TPSA) is 107 Å². The molecular weight excluding hydrogens is 500 g/mol. The summed E-state index contributed by atoms with van der Waals surface area (Å²) in [6.45, 7) is 10.4. The maximum Gasteiger partial charge on any atom is 0.255 e. The van der Waals surface area contributed by atoms with E-state index in [1.807, 2.05) is 18.7 Å². The Morgan fingerprint density at radius 3 is 2.08 bits per heavy atom. The summed E-state index contributed by atoms with van der Waals surface area (Å²) < 4.78 is 55.0. The van der Waals surface area contributed by atoms with Gasteiger partial charge in [0.25, 0.3) is 5.91 Å². The Morgan fingerprint density at radius 1 is 0.861 bits per heavy atom. The molecule has 198 valence electrons. The number of hydrogen-bond donors (Lipinski definition) is 1. The van der Waals surface area contributed by atoms with Gasteiger partial charge < -0.3 is 10.2 Å². The molecule has 0 bridgehead atoms. The molecule has 2 aromatic rings. The highest BCUT2D eigenvalue weighted by molar-refractivity contribution is 7.89. The Balaban J connectivity index is 2.00. The molecule has 1 aliphatic heterocycles. The van der Waals surface area contributed by atoms with Crippen LogP contribution in [0.3, 0.4) is 0 Å². The zero-order chi connectivity index (χ0) is 26.5. The van der Waals surface area contributed by atoms with Crippen molar-refractivity contribution in [1.29, 1.82) is 0 Å². The van der Waals surface area contributed by atoms with Gasteiger partial charge in [0.15, 0.2) is 0 Å². The number of benzene rings is 2. The number of carbonyl (C=O) groups is 1. The summed E-state index contributed by atoms with van der Waals surface area (Å²) in [5.41, 5.74) is 1.22. The summed E-state index contributed by atoms with van der Waals surface area (Å²) >= 11 is 0. The molecule has 0 radical (unpaired) electrons. The molecule has 1 aliphatic rings. The van der Waals surface area contributed by atoms with Gasteiger partial charge in [0.1, 0.15) is 0 Å². The van der Waals surface area contributed by atoms with Gasteiger partial charge in [-0.1, -0.05) is 19.9 Å². The third-order valence-electron chi connectivity index (χ3n) is 6.46. The Morgan fingerprint density at radius 2 is 1.50 bits per heavy atom. The van der Waals surface area contributed by atoms with Crippen LogP contribution in [0.2, 0.25) is 0 Å². The van der Waals surface area contributed by atoms with Crippen molar-refractivity contribution in [1.82, 2.24) is 8.61 Å². The first kappa shape index (κ1) is 28.1. The number of carbonyl (C=O) groups excluding carboxylic acids is 1. The van der Waals surface area contributed by atoms with Crippen LogP contribution in [0, 0.1) is 0 Å². The minimum absolute atomic E-state index is 0.0684. The van der Waals surface area contributed by atoms with Gasteiger partial charge in [-0.2, -0.15) is 8.61 Å². The fourth-order valence-corrected chi connectivity index (χ4v) is 7.45. The van der Waals surface area contributed by atoms with Gasteiger partial charge in [0.05, 0.1) is 21.2 Å². The van der Waals surface area contributed by atoms with E-state index in [2.05, 4.69) is 5.32 Å². The lowest BCUT2D eigenvalue weighted by molar-refractivity contribution is 0.102. The first-order valence-corrected chi connectivity index (χ1v) is 15.3. The Kier molecular flexibility index (Phi) is 9.15. The summed E-state index contributed by atoms with van der Waals surface area (Å²) in [6.07, 6.45) is 1.64. The van der Waals surface area contributed by atoms with Crippen LogP contribution in [0.25, 0.3) is 0 Å². The molecule has 1 N–H and O–H groups in total. The Labute approximate surface area is 215 Å².